The lowest BCUT2D eigenvalue weighted by Crippen LogP contribution is -2.40. The molecule has 0 bridgehead atoms. The molecule has 9 heteroatoms. The number of carbonyl (C=O) groups excluding carboxylic acids is 1. The van der Waals surface area contributed by atoms with Crippen LogP contribution in [-0.2, 0) is 9.53 Å². The maximum absolute atomic E-state index is 14.1. The number of thiazole rings is 1. The van der Waals surface area contributed by atoms with Crippen molar-refractivity contribution < 1.29 is 14.3 Å². The summed E-state index contributed by atoms with van der Waals surface area (Å²) < 4.78 is 14.2. The number of ether oxygens (including phenoxy) is 2. The molecule has 0 fully saturated rings. The van der Waals surface area contributed by atoms with E-state index in [1.807, 2.05) is 57.2 Å². The summed E-state index contributed by atoms with van der Waals surface area (Å²) >= 11 is 4.86. The number of nitrogens with one attached hydrogen (secondary N) is 1. The Morgan fingerprint density at radius 2 is 1.97 bits per heavy atom. The molecule has 5 rings (SSSR count). The number of aromatic nitrogens is 2. The number of halogens is 1. The zero-order valence-electron chi connectivity index (χ0n) is 22.0. The van der Waals surface area contributed by atoms with Crippen LogP contribution < -0.4 is 19.6 Å². The Balaban J connectivity index is 1.81. The van der Waals surface area contributed by atoms with Crippen LogP contribution in [0.5, 0.6) is 5.75 Å². The second-order valence-electron chi connectivity index (χ2n) is 9.58. The van der Waals surface area contributed by atoms with Crippen molar-refractivity contribution in [2.45, 2.75) is 46.8 Å². The SMILES string of the molecule is COC(=O)C1=C(C)N=c2s/c(=C\c3c(C)[nH]c4c(C)cccc34)c(=O)n2[C@H]1c1cc(Br)ccc1OC(C)C. The highest BCUT2D eigenvalue weighted by atomic mass is 79.9. The number of H-pyrrole nitrogens is 1. The molecular formula is C29H28BrN3O4S. The van der Waals surface area contributed by atoms with Crippen LogP contribution in [0.4, 0.5) is 0 Å². The number of aryl methyl sites for hydroxylation is 2. The topological polar surface area (TPSA) is 85.7 Å². The number of allylic oxidation sites excluding steroid dienone is 1. The van der Waals surface area contributed by atoms with Gasteiger partial charge >= 0.3 is 5.97 Å². The molecule has 0 radical (unpaired) electrons. The molecule has 1 N–H and O–H groups in total. The predicted octanol–water partition coefficient (Wildman–Crippen LogP) is 5.06. The average molecular weight is 595 g/mol. The minimum atomic E-state index is -0.765. The molecule has 2 aromatic carbocycles. The Morgan fingerprint density at radius 3 is 2.68 bits per heavy atom. The summed E-state index contributed by atoms with van der Waals surface area (Å²) in [5.74, 6) is 0.0470. The number of para-hydroxylation sites is 1. The van der Waals surface area contributed by atoms with E-state index in [2.05, 4.69) is 38.9 Å². The quantitative estimate of drug-likeness (QED) is 0.328. The zero-order valence-corrected chi connectivity index (χ0v) is 24.4. The summed E-state index contributed by atoms with van der Waals surface area (Å²) in [4.78, 5) is 35.8. The first-order chi connectivity index (χ1) is 18.1. The molecule has 0 saturated carbocycles. The highest BCUT2D eigenvalue weighted by Crippen LogP contribution is 2.38. The summed E-state index contributed by atoms with van der Waals surface area (Å²) in [7, 11) is 1.33. The van der Waals surface area contributed by atoms with E-state index in [0.717, 1.165) is 32.2 Å². The molecule has 0 amide bonds. The predicted molar refractivity (Wildman–Crippen MR) is 153 cm³/mol. The fourth-order valence-electron chi connectivity index (χ4n) is 4.91. The number of nitrogens with zero attached hydrogens (tertiary/aromatic N) is 2. The van der Waals surface area contributed by atoms with Gasteiger partial charge in [0.2, 0.25) is 0 Å². The van der Waals surface area contributed by atoms with Gasteiger partial charge in [-0.15, -0.1) is 0 Å². The molecule has 0 aliphatic carbocycles. The lowest BCUT2D eigenvalue weighted by Gasteiger charge is -2.26. The van der Waals surface area contributed by atoms with Crippen LogP contribution in [0.25, 0.3) is 17.0 Å². The normalized spacial score (nSPS) is 15.7. The number of hydrogen-bond donors (Lipinski definition) is 1. The summed E-state index contributed by atoms with van der Waals surface area (Å²) in [6, 6.07) is 11.0. The van der Waals surface area contributed by atoms with Gasteiger partial charge < -0.3 is 14.5 Å². The van der Waals surface area contributed by atoms with E-state index >= 15 is 0 Å². The number of fused-ring (bicyclic) bond motifs is 2. The minimum Gasteiger partial charge on any atom is -0.491 e. The first-order valence-corrected chi connectivity index (χ1v) is 13.9. The van der Waals surface area contributed by atoms with Gasteiger partial charge in [-0.3, -0.25) is 9.36 Å². The van der Waals surface area contributed by atoms with Crippen LogP contribution in [0.3, 0.4) is 0 Å². The largest absolute Gasteiger partial charge is 0.491 e. The number of benzene rings is 2. The van der Waals surface area contributed by atoms with E-state index in [9.17, 15) is 9.59 Å². The highest BCUT2D eigenvalue weighted by molar-refractivity contribution is 9.10. The summed E-state index contributed by atoms with van der Waals surface area (Å²) in [5, 5.41) is 1.05. The zero-order chi connectivity index (χ0) is 27.3. The summed E-state index contributed by atoms with van der Waals surface area (Å²) in [6.07, 6.45) is 1.81. The van der Waals surface area contributed by atoms with E-state index in [-0.39, 0.29) is 11.7 Å². The van der Waals surface area contributed by atoms with Gasteiger partial charge in [-0.25, -0.2) is 9.79 Å². The molecule has 2 aromatic heterocycles. The Kier molecular flexibility index (Phi) is 6.92. The number of methoxy groups -OCH3 is 1. The van der Waals surface area contributed by atoms with Crippen molar-refractivity contribution in [2.75, 3.05) is 7.11 Å². The third kappa shape index (κ3) is 4.43. The molecule has 1 aliphatic rings. The smallest absolute Gasteiger partial charge is 0.338 e. The summed E-state index contributed by atoms with van der Waals surface area (Å²) in [6.45, 7) is 9.70. The third-order valence-corrected chi connectivity index (χ3v) is 8.09. The van der Waals surface area contributed by atoms with Gasteiger partial charge in [0.25, 0.3) is 5.56 Å². The fraction of sp³-hybridized carbons (Fsp3) is 0.276. The van der Waals surface area contributed by atoms with E-state index in [1.54, 1.807) is 11.5 Å². The number of hydrogen-bond acceptors (Lipinski definition) is 6. The van der Waals surface area contributed by atoms with Crippen molar-refractivity contribution in [3.8, 4) is 5.75 Å². The maximum Gasteiger partial charge on any atom is 0.338 e. The molecule has 38 heavy (non-hydrogen) atoms. The van der Waals surface area contributed by atoms with Gasteiger partial charge in [0, 0.05) is 32.2 Å². The molecule has 0 spiro atoms. The van der Waals surface area contributed by atoms with E-state index in [4.69, 9.17) is 9.47 Å². The first kappa shape index (κ1) is 26.2. The van der Waals surface area contributed by atoms with Gasteiger partial charge in [0.1, 0.15) is 11.8 Å². The molecule has 4 aromatic rings. The highest BCUT2D eigenvalue weighted by Gasteiger charge is 2.35. The molecule has 1 aliphatic heterocycles. The number of esters is 1. The van der Waals surface area contributed by atoms with Crippen LogP contribution in [0.2, 0.25) is 0 Å². The molecule has 3 heterocycles. The second kappa shape index (κ2) is 10.0. The number of carbonyl (C=O) groups is 1. The van der Waals surface area contributed by atoms with Crippen molar-refractivity contribution in [1.82, 2.24) is 9.55 Å². The van der Waals surface area contributed by atoms with Crippen LogP contribution in [-0.4, -0.2) is 28.7 Å². The van der Waals surface area contributed by atoms with Gasteiger partial charge in [0.15, 0.2) is 4.80 Å². The van der Waals surface area contributed by atoms with Crippen molar-refractivity contribution in [2.24, 2.45) is 4.99 Å². The lowest BCUT2D eigenvalue weighted by atomic mass is 9.95. The van der Waals surface area contributed by atoms with E-state index in [1.165, 1.54) is 18.4 Å². The summed E-state index contributed by atoms with van der Waals surface area (Å²) in [5.41, 5.74) is 5.37. The monoisotopic (exact) mass is 593 g/mol. The average Bonchev–Trinajstić information content (AvgIpc) is 3.35. The third-order valence-electron chi connectivity index (χ3n) is 6.61. The maximum atomic E-state index is 14.1. The van der Waals surface area contributed by atoms with E-state index < -0.39 is 12.0 Å². The standard InChI is InChI=1S/C29H28BrN3O4S/c1-14(2)37-22-11-10-18(30)12-21(22)26-24(28(35)36-6)17(5)32-29-33(26)27(34)23(38-29)13-20-16(4)31-25-15(3)8-7-9-19(20)25/h7-14,26,31H,1-6H3/b23-13-/t26-/m0/s1. The minimum absolute atomic E-state index is 0.106. The Labute approximate surface area is 232 Å². The van der Waals surface area contributed by atoms with Gasteiger partial charge in [-0.2, -0.15) is 0 Å². The number of aromatic amines is 1. The Hall–Kier alpha value is -3.43. The lowest BCUT2D eigenvalue weighted by molar-refractivity contribution is -0.136. The first-order valence-electron chi connectivity index (χ1n) is 12.3. The molecule has 196 valence electrons. The van der Waals surface area contributed by atoms with Gasteiger partial charge in [-0.05, 0) is 64.5 Å². The van der Waals surface area contributed by atoms with Crippen LogP contribution in [0.1, 0.15) is 49.2 Å². The molecule has 0 unspecified atom stereocenters. The van der Waals surface area contributed by atoms with E-state index in [0.29, 0.717) is 31.9 Å². The van der Waals surface area contributed by atoms with Crippen molar-refractivity contribution in [3.05, 3.63) is 94.2 Å². The van der Waals surface area contributed by atoms with Crippen molar-refractivity contribution in [1.29, 1.82) is 0 Å². The number of rotatable bonds is 5. The fourth-order valence-corrected chi connectivity index (χ4v) is 6.32. The van der Waals surface area contributed by atoms with Gasteiger partial charge in [-0.1, -0.05) is 45.5 Å². The Morgan fingerprint density at radius 1 is 1.21 bits per heavy atom. The molecular weight excluding hydrogens is 566 g/mol. The van der Waals surface area contributed by atoms with Crippen molar-refractivity contribution in [3.63, 3.8) is 0 Å². The Bertz CT molecular complexity index is 1810. The molecule has 0 saturated heterocycles. The second-order valence-corrected chi connectivity index (χ2v) is 11.5. The van der Waals surface area contributed by atoms with Crippen LogP contribution in [0, 0.1) is 13.8 Å². The van der Waals surface area contributed by atoms with Gasteiger partial charge in [0.05, 0.1) is 29.0 Å². The van der Waals surface area contributed by atoms with Crippen LogP contribution in [0.15, 0.2) is 61.9 Å². The molecule has 7 nitrogen and oxygen atoms in total. The van der Waals surface area contributed by atoms with Crippen LogP contribution >= 0.6 is 27.3 Å². The molecule has 1 atom stereocenters. The van der Waals surface area contributed by atoms with Crippen molar-refractivity contribution >= 4 is 50.2 Å².